The van der Waals surface area contributed by atoms with Crippen LogP contribution in [0.4, 0.5) is 0 Å². The van der Waals surface area contributed by atoms with Crippen molar-refractivity contribution in [1.82, 2.24) is 5.32 Å². The van der Waals surface area contributed by atoms with Gasteiger partial charge in [-0.05, 0) is 37.2 Å². The molecule has 1 aromatic rings. The summed E-state index contributed by atoms with van der Waals surface area (Å²) in [5.41, 5.74) is 1.62. The summed E-state index contributed by atoms with van der Waals surface area (Å²) in [5, 5.41) is 3.92. The Hall–Kier alpha value is -0.860. The van der Waals surface area contributed by atoms with E-state index in [9.17, 15) is 0 Å². The molecule has 21 heavy (non-hydrogen) atoms. The third kappa shape index (κ3) is 4.31. The van der Waals surface area contributed by atoms with Crippen LogP contribution >= 0.6 is 0 Å². The van der Waals surface area contributed by atoms with E-state index in [-0.39, 0.29) is 11.0 Å². The molecule has 0 spiro atoms. The van der Waals surface area contributed by atoms with Gasteiger partial charge in [-0.15, -0.1) is 0 Å². The molecule has 1 aromatic carbocycles. The van der Waals surface area contributed by atoms with Gasteiger partial charge in [0.2, 0.25) is 0 Å². The first kappa shape index (κ1) is 16.5. The molecule has 1 heterocycles. The molecule has 0 radical (unpaired) electrons. The van der Waals surface area contributed by atoms with E-state index in [0.717, 1.165) is 25.9 Å². The average Bonchev–Trinajstić information content (AvgIpc) is 2.45. The van der Waals surface area contributed by atoms with Gasteiger partial charge in [-0.2, -0.15) is 0 Å². The van der Waals surface area contributed by atoms with Gasteiger partial charge in [-0.25, -0.2) is 0 Å². The molecule has 1 saturated heterocycles. The van der Waals surface area contributed by atoms with E-state index < -0.39 is 0 Å². The molecule has 2 heteroatoms. The molecule has 1 aliphatic rings. The molecule has 1 fully saturated rings. The van der Waals surface area contributed by atoms with E-state index in [4.69, 9.17) is 4.74 Å². The highest BCUT2D eigenvalue weighted by Gasteiger charge is 2.35. The lowest BCUT2D eigenvalue weighted by Gasteiger charge is -2.42. The monoisotopic (exact) mass is 289 g/mol. The number of nitrogens with one attached hydrogen (secondary N) is 1. The van der Waals surface area contributed by atoms with Crippen molar-refractivity contribution in [3.63, 3.8) is 0 Å². The second kappa shape index (κ2) is 6.50. The minimum atomic E-state index is 0.0367. The molecular formula is C19H31NO. The van der Waals surface area contributed by atoms with Crippen molar-refractivity contribution in [2.45, 2.75) is 71.6 Å². The molecular weight excluding hydrogens is 258 g/mol. The third-order valence-electron chi connectivity index (χ3n) is 4.74. The van der Waals surface area contributed by atoms with Gasteiger partial charge in [-0.1, -0.05) is 58.0 Å². The fourth-order valence-corrected chi connectivity index (χ4v) is 3.25. The third-order valence-corrected chi connectivity index (χ3v) is 4.74. The number of ether oxygens (including phenoxy) is 1. The van der Waals surface area contributed by atoms with Gasteiger partial charge in [0, 0.05) is 18.7 Å². The van der Waals surface area contributed by atoms with Crippen LogP contribution in [0, 0.1) is 5.41 Å². The van der Waals surface area contributed by atoms with Crippen LogP contribution in [-0.4, -0.2) is 18.2 Å². The van der Waals surface area contributed by atoms with Gasteiger partial charge in [-0.3, -0.25) is 0 Å². The van der Waals surface area contributed by atoms with Crippen molar-refractivity contribution in [1.29, 1.82) is 0 Å². The topological polar surface area (TPSA) is 21.3 Å². The number of hydrogen-bond donors (Lipinski definition) is 1. The second-order valence-electron chi connectivity index (χ2n) is 7.72. The molecule has 0 bridgehead atoms. The zero-order valence-electron chi connectivity index (χ0n) is 14.3. The Bertz CT molecular complexity index is 437. The van der Waals surface area contributed by atoms with E-state index in [2.05, 4.69) is 70.3 Å². The Morgan fingerprint density at radius 1 is 1.29 bits per heavy atom. The summed E-state index contributed by atoms with van der Waals surface area (Å²) in [6.07, 6.45) is 3.29. The quantitative estimate of drug-likeness (QED) is 0.866. The summed E-state index contributed by atoms with van der Waals surface area (Å²) in [6, 6.07) is 11.7. The summed E-state index contributed by atoms with van der Waals surface area (Å²) < 4.78 is 5.98. The summed E-state index contributed by atoms with van der Waals surface area (Å²) in [6.45, 7) is 12.3. The van der Waals surface area contributed by atoms with Gasteiger partial charge in [0.25, 0.3) is 0 Å². The molecule has 0 aliphatic carbocycles. The number of hydrogen-bond acceptors (Lipinski definition) is 2. The Morgan fingerprint density at radius 3 is 2.52 bits per heavy atom. The molecule has 3 atom stereocenters. The van der Waals surface area contributed by atoms with Gasteiger partial charge in [0.15, 0.2) is 0 Å². The normalized spacial score (nSPS) is 28.3. The Labute approximate surface area is 130 Å². The van der Waals surface area contributed by atoms with Gasteiger partial charge in [0.05, 0.1) is 5.60 Å². The summed E-state index contributed by atoms with van der Waals surface area (Å²) in [4.78, 5) is 0. The lowest BCUT2D eigenvalue weighted by Crippen LogP contribution is -2.48. The van der Waals surface area contributed by atoms with Crippen LogP contribution < -0.4 is 5.32 Å². The van der Waals surface area contributed by atoms with Gasteiger partial charge >= 0.3 is 0 Å². The highest BCUT2D eigenvalue weighted by molar-refractivity contribution is 5.21. The van der Waals surface area contributed by atoms with Crippen molar-refractivity contribution in [3.8, 4) is 0 Å². The van der Waals surface area contributed by atoms with Gasteiger partial charge in [0.1, 0.15) is 0 Å². The molecule has 1 N–H and O–H groups in total. The van der Waals surface area contributed by atoms with Crippen LogP contribution in [0.25, 0.3) is 0 Å². The Balaban J connectivity index is 2.13. The standard InChI is InChI=1S/C19H31NO/c1-6-19(5)14-16(12-13-21-19)20-17(18(2,3)4)15-10-8-7-9-11-15/h7-11,16-17,20H,6,12-14H2,1-5H3. The maximum Gasteiger partial charge on any atom is 0.0666 e. The average molecular weight is 289 g/mol. The van der Waals surface area contributed by atoms with Crippen LogP contribution in [0.2, 0.25) is 0 Å². The summed E-state index contributed by atoms with van der Waals surface area (Å²) >= 11 is 0. The van der Waals surface area contributed by atoms with Crippen LogP contribution in [0.15, 0.2) is 30.3 Å². The minimum Gasteiger partial charge on any atom is -0.375 e. The predicted molar refractivity (Wildman–Crippen MR) is 89.4 cm³/mol. The zero-order chi connectivity index (χ0) is 15.5. The molecule has 3 unspecified atom stereocenters. The summed E-state index contributed by atoms with van der Waals surface area (Å²) in [5.74, 6) is 0. The van der Waals surface area contributed by atoms with E-state index >= 15 is 0 Å². The highest BCUT2D eigenvalue weighted by atomic mass is 16.5. The molecule has 0 amide bonds. The molecule has 118 valence electrons. The van der Waals surface area contributed by atoms with Crippen molar-refractivity contribution in [3.05, 3.63) is 35.9 Å². The van der Waals surface area contributed by atoms with E-state index in [1.54, 1.807) is 0 Å². The minimum absolute atomic E-state index is 0.0367. The van der Waals surface area contributed by atoms with Crippen LogP contribution in [-0.2, 0) is 4.74 Å². The van der Waals surface area contributed by atoms with Crippen LogP contribution in [0.5, 0.6) is 0 Å². The predicted octanol–water partition coefficient (Wildman–Crippen LogP) is 4.71. The SMILES string of the molecule is CCC1(C)CC(NC(c2ccccc2)C(C)(C)C)CCO1. The molecule has 2 rings (SSSR count). The van der Waals surface area contributed by atoms with Crippen molar-refractivity contribution >= 4 is 0 Å². The number of rotatable bonds is 4. The first-order chi connectivity index (χ1) is 9.84. The van der Waals surface area contributed by atoms with Crippen LogP contribution in [0.1, 0.15) is 65.5 Å². The second-order valence-corrected chi connectivity index (χ2v) is 7.72. The first-order valence-corrected chi connectivity index (χ1v) is 8.29. The molecule has 2 nitrogen and oxygen atoms in total. The maximum absolute atomic E-state index is 5.98. The lowest BCUT2D eigenvalue weighted by atomic mass is 9.80. The fraction of sp³-hybridized carbons (Fsp3) is 0.684. The highest BCUT2D eigenvalue weighted by Crippen LogP contribution is 2.35. The van der Waals surface area contributed by atoms with E-state index in [1.165, 1.54) is 5.56 Å². The molecule has 0 saturated carbocycles. The first-order valence-electron chi connectivity index (χ1n) is 8.29. The maximum atomic E-state index is 5.98. The van der Waals surface area contributed by atoms with E-state index in [1.807, 2.05) is 0 Å². The fourth-order valence-electron chi connectivity index (χ4n) is 3.25. The van der Waals surface area contributed by atoms with Crippen LogP contribution in [0.3, 0.4) is 0 Å². The largest absolute Gasteiger partial charge is 0.375 e. The zero-order valence-corrected chi connectivity index (χ0v) is 14.3. The molecule has 0 aromatic heterocycles. The smallest absolute Gasteiger partial charge is 0.0666 e. The number of benzene rings is 1. The lowest BCUT2D eigenvalue weighted by molar-refractivity contribution is -0.0806. The van der Waals surface area contributed by atoms with Crippen molar-refractivity contribution in [2.75, 3.05) is 6.61 Å². The van der Waals surface area contributed by atoms with E-state index in [0.29, 0.717) is 12.1 Å². The van der Waals surface area contributed by atoms with Gasteiger partial charge < -0.3 is 10.1 Å². The van der Waals surface area contributed by atoms with Crippen molar-refractivity contribution < 1.29 is 4.74 Å². The Morgan fingerprint density at radius 2 is 1.95 bits per heavy atom. The summed E-state index contributed by atoms with van der Waals surface area (Å²) in [7, 11) is 0. The van der Waals surface area contributed by atoms with Crippen molar-refractivity contribution in [2.24, 2.45) is 5.41 Å². The molecule has 1 aliphatic heterocycles. The Kier molecular flexibility index (Phi) is 5.11.